The normalized spacial score (nSPS) is 13.8. The number of rotatable bonds is 7. The van der Waals surface area contributed by atoms with Crippen molar-refractivity contribution < 1.29 is 19.1 Å². The van der Waals surface area contributed by atoms with Crippen LogP contribution in [0.1, 0.15) is 31.4 Å². The first-order valence-electron chi connectivity index (χ1n) is 11.0. The zero-order chi connectivity index (χ0) is 24.2. The van der Waals surface area contributed by atoms with Crippen LogP contribution in [0.15, 0.2) is 36.4 Å². The highest BCUT2D eigenvalue weighted by Crippen LogP contribution is 2.37. The zero-order valence-corrected chi connectivity index (χ0v) is 20.3. The van der Waals surface area contributed by atoms with E-state index in [0.29, 0.717) is 33.7 Å². The maximum Gasteiger partial charge on any atom is 0.319 e. The lowest BCUT2D eigenvalue weighted by Crippen LogP contribution is -2.49. The summed E-state index contributed by atoms with van der Waals surface area (Å²) in [4.78, 5) is 25.7. The lowest BCUT2D eigenvalue weighted by Gasteiger charge is -2.23. The van der Waals surface area contributed by atoms with Gasteiger partial charge in [-0.2, -0.15) is 0 Å². The highest BCUT2D eigenvalue weighted by molar-refractivity contribution is 7.18. The standard InChI is InChI=1S/C24H27N5O4S/c1-5-14(3)20(26-23(31)25-17-8-6-13(2)10-15(17)4)21(30)27-24-29-28-22(34-24)16-7-9-18-19(11-16)33-12-32-18/h6-11,14,20H,5,12H2,1-4H3,(H2,25,26,31)(H,27,29,30). The number of aromatic nitrogens is 2. The molecule has 0 bridgehead atoms. The van der Waals surface area contributed by atoms with Crippen molar-refractivity contribution in [2.24, 2.45) is 5.92 Å². The molecule has 3 N–H and O–H groups in total. The van der Waals surface area contributed by atoms with E-state index in [0.717, 1.165) is 16.7 Å². The molecule has 34 heavy (non-hydrogen) atoms. The number of hydrogen-bond donors (Lipinski definition) is 3. The van der Waals surface area contributed by atoms with Crippen LogP contribution in [0, 0.1) is 19.8 Å². The van der Waals surface area contributed by atoms with Gasteiger partial charge in [-0.25, -0.2) is 4.79 Å². The minimum absolute atomic E-state index is 0.0916. The van der Waals surface area contributed by atoms with E-state index in [1.165, 1.54) is 11.3 Å². The van der Waals surface area contributed by atoms with E-state index in [9.17, 15) is 9.59 Å². The first-order chi connectivity index (χ1) is 16.3. The molecule has 178 valence electrons. The van der Waals surface area contributed by atoms with Gasteiger partial charge < -0.3 is 20.1 Å². The van der Waals surface area contributed by atoms with Crippen molar-refractivity contribution in [3.8, 4) is 22.1 Å². The lowest BCUT2D eigenvalue weighted by atomic mass is 9.98. The number of carbonyl (C=O) groups excluding carboxylic acids is 2. The van der Waals surface area contributed by atoms with Gasteiger partial charge in [0.25, 0.3) is 0 Å². The number of nitrogens with zero attached hydrogens (tertiary/aromatic N) is 2. The molecule has 3 amide bonds. The summed E-state index contributed by atoms with van der Waals surface area (Å²) in [5.74, 6) is 0.891. The molecule has 0 fully saturated rings. The van der Waals surface area contributed by atoms with Crippen LogP contribution in [0.3, 0.4) is 0 Å². The van der Waals surface area contributed by atoms with E-state index < -0.39 is 12.1 Å². The van der Waals surface area contributed by atoms with Crippen LogP contribution < -0.4 is 25.4 Å². The molecule has 10 heteroatoms. The van der Waals surface area contributed by atoms with Crippen molar-refractivity contribution in [3.05, 3.63) is 47.5 Å². The van der Waals surface area contributed by atoms with Crippen LogP contribution in [-0.4, -0.2) is 35.0 Å². The van der Waals surface area contributed by atoms with E-state index in [2.05, 4.69) is 26.1 Å². The van der Waals surface area contributed by atoms with Crippen LogP contribution in [-0.2, 0) is 4.79 Å². The highest BCUT2D eigenvalue weighted by Gasteiger charge is 2.27. The summed E-state index contributed by atoms with van der Waals surface area (Å²) in [5, 5.41) is 17.7. The summed E-state index contributed by atoms with van der Waals surface area (Å²) < 4.78 is 10.7. The van der Waals surface area contributed by atoms with Gasteiger partial charge in [-0.1, -0.05) is 49.3 Å². The Morgan fingerprint density at radius 2 is 1.85 bits per heavy atom. The Morgan fingerprint density at radius 1 is 1.06 bits per heavy atom. The average Bonchev–Trinajstić information content (AvgIpc) is 3.47. The number of urea groups is 1. The molecule has 9 nitrogen and oxygen atoms in total. The van der Waals surface area contributed by atoms with Gasteiger partial charge in [0, 0.05) is 11.3 Å². The predicted octanol–water partition coefficient (Wildman–Crippen LogP) is 4.73. The molecule has 0 saturated carbocycles. The summed E-state index contributed by atoms with van der Waals surface area (Å²) in [6.07, 6.45) is 0.709. The third-order valence-corrected chi connectivity index (χ3v) is 6.57. The number of hydrogen-bond acceptors (Lipinski definition) is 7. The summed E-state index contributed by atoms with van der Waals surface area (Å²) >= 11 is 1.24. The Hall–Kier alpha value is -3.66. The number of benzene rings is 2. The molecule has 1 aliphatic rings. The van der Waals surface area contributed by atoms with Gasteiger partial charge >= 0.3 is 6.03 Å². The molecular weight excluding hydrogens is 454 g/mol. The predicted molar refractivity (Wildman–Crippen MR) is 131 cm³/mol. The Morgan fingerprint density at radius 3 is 2.62 bits per heavy atom. The molecule has 2 unspecified atom stereocenters. The van der Waals surface area contributed by atoms with E-state index >= 15 is 0 Å². The van der Waals surface area contributed by atoms with E-state index in [1.807, 2.05) is 64.1 Å². The Labute approximate surface area is 201 Å². The van der Waals surface area contributed by atoms with E-state index in [1.54, 1.807) is 0 Å². The fourth-order valence-corrected chi connectivity index (χ4v) is 4.30. The Bertz CT molecular complexity index is 1210. The first-order valence-corrected chi connectivity index (χ1v) is 11.8. The van der Waals surface area contributed by atoms with Gasteiger partial charge in [-0.15, -0.1) is 10.2 Å². The maximum absolute atomic E-state index is 13.1. The Kier molecular flexibility index (Phi) is 6.97. The number of nitrogens with one attached hydrogen (secondary N) is 3. The molecule has 1 aliphatic heterocycles. The number of aryl methyl sites for hydroxylation is 2. The van der Waals surface area contributed by atoms with Crippen molar-refractivity contribution in [1.29, 1.82) is 0 Å². The van der Waals surface area contributed by atoms with Crippen LogP contribution in [0.2, 0.25) is 0 Å². The number of ether oxygens (including phenoxy) is 2. The van der Waals surface area contributed by atoms with Crippen molar-refractivity contribution in [3.63, 3.8) is 0 Å². The SMILES string of the molecule is CCC(C)C(NC(=O)Nc1ccc(C)cc1C)C(=O)Nc1nnc(-c2ccc3c(c2)OCO3)s1. The average molecular weight is 482 g/mol. The van der Waals surface area contributed by atoms with Crippen LogP contribution in [0.4, 0.5) is 15.6 Å². The molecule has 0 aliphatic carbocycles. The van der Waals surface area contributed by atoms with Gasteiger partial charge in [-0.3, -0.25) is 10.1 Å². The van der Waals surface area contributed by atoms with E-state index in [4.69, 9.17) is 9.47 Å². The molecule has 2 aromatic carbocycles. The molecule has 0 saturated heterocycles. The van der Waals surface area contributed by atoms with Crippen molar-refractivity contribution in [2.45, 2.75) is 40.2 Å². The summed E-state index contributed by atoms with van der Waals surface area (Å²) in [5.41, 5.74) is 3.57. The van der Waals surface area contributed by atoms with Crippen molar-refractivity contribution >= 4 is 34.1 Å². The maximum atomic E-state index is 13.1. The third-order valence-electron chi connectivity index (χ3n) is 5.69. The lowest BCUT2D eigenvalue weighted by molar-refractivity contribution is -0.119. The third kappa shape index (κ3) is 5.28. The second-order valence-corrected chi connectivity index (χ2v) is 9.23. The molecule has 2 heterocycles. The van der Waals surface area contributed by atoms with Crippen LogP contribution in [0.5, 0.6) is 11.5 Å². The molecule has 1 aromatic heterocycles. The zero-order valence-electron chi connectivity index (χ0n) is 19.5. The van der Waals surface area contributed by atoms with Gasteiger partial charge in [0.1, 0.15) is 11.0 Å². The molecular formula is C24H27N5O4S. The molecule has 2 atom stereocenters. The van der Waals surface area contributed by atoms with E-state index in [-0.39, 0.29) is 18.6 Å². The number of amides is 3. The smallest absolute Gasteiger partial charge is 0.319 e. The largest absolute Gasteiger partial charge is 0.454 e. The van der Waals surface area contributed by atoms with Gasteiger partial charge in [-0.05, 0) is 49.6 Å². The molecule has 3 aromatic rings. The quantitative estimate of drug-likeness (QED) is 0.450. The summed E-state index contributed by atoms with van der Waals surface area (Å²) in [6, 6.07) is 10.1. The molecule has 0 radical (unpaired) electrons. The number of anilines is 2. The minimum atomic E-state index is -0.742. The topological polar surface area (TPSA) is 114 Å². The minimum Gasteiger partial charge on any atom is -0.454 e. The second-order valence-electron chi connectivity index (χ2n) is 8.25. The number of carbonyl (C=O) groups is 2. The summed E-state index contributed by atoms with van der Waals surface area (Å²) in [6.45, 7) is 7.99. The van der Waals surface area contributed by atoms with Crippen LogP contribution >= 0.6 is 11.3 Å². The van der Waals surface area contributed by atoms with Gasteiger partial charge in [0.15, 0.2) is 11.5 Å². The van der Waals surface area contributed by atoms with Gasteiger partial charge in [0.2, 0.25) is 17.8 Å². The fraction of sp³-hybridized carbons (Fsp3) is 0.333. The molecule has 4 rings (SSSR count). The second kappa shape index (κ2) is 10.1. The molecule has 0 spiro atoms. The Balaban J connectivity index is 1.43. The number of fused-ring (bicyclic) bond motifs is 1. The van der Waals surface area contributed by atoms with Gasteiger partial charge in [0.05, 0.1) is 0 Å². The van der Waals surface area contributed by atoms with Crippen molar-refractivity contribution in [1.82, 2.24) is 15.5 Å². The first kappa shape index (κ1) is 23.5. The summed E-state index contributed by atoms with van der Waals surface area (Å²) in [7, 11) is 0. The monoisotopic (exact) mass is 481 g/mol. The van der Waals surface area contributed by atoms with Crippen molar-refractivity contribution in [2.75, 3.05) is 17.4 Å². The fourth-order valence-electron chi connectivity index (χ4n) is 3.56. The van der Waals surface area contributed by atoms with Crippen LogP contribution in [0.25, 0.3) is 10.6 Å². The highest BCUT2D eigenvalue weighted by atomic mass is 32.1.